The van der Waals surface area contributed by atoms with Gasteiger partial charge in [-0.3, -0.25) is 0 Å². The summed E-state index contributed by atoms with van der Waals surface area (Å²) in [4.78, 5) is 0. The number of hydrogen-bond acceptors (Lipinski definition) is 2. The Kier molecular flexibility index (Phi) is 6.18. The first-order chi connectivity index (χ1) is 25.7. The maximum Gasteiger partial charge on any atom is 0.171 e. The van der Waals surface area contributed by atoms with E-state index in [1.807, 2.05) is 72.8 Å². The summed E-state index contributed by atoms with van der Waals surface area (Å²) in [5.74, 6) is 0. The summed E-state index contributed by atoms with van der Waals surface area (Å²) in [7, 11) is -3.08. The van der Waals surface area contributed by atoms with Gasteiger partial charge < -0.3 is 8.98 Å². The average Bonchev–Trinajstić information content (AvgIpc) is 3.84. The highest BCUT2D eigenvalue weighted by atomic mass is 31.2. The first-order valence-electron chi connectivity index (χ1n) is 17.8. The number of fused-ring (bicyclic) bond motifs is 13. The largest absolute Gasteiger partial charge is 0.455 e. The van der Waals surface area contributed by atoms with Crippen LogP contribution in [0.3, 0.4) is 0 Å². The fraction of sp³-hybridized carbons (Fsp3) is 0.0204. The van der Waals surface area contributed by atoms with Crippen LogP contribution >= 0.6 is 7.14 Å². The lowest BCUT2D eigenvalue weighted by molar-refractivity contribution is 0.592. The van der Waals surface area contributed by atoms with E-state index >= 15 is 4.57 Å². The normalized spacial score (nSPS) is 13.6. The second-order valence-corrected chi connectivity index (χ2v) is 16.7. The molecule has 244 valence electrons. The topological polar surface area (TPSA) is 30.2 Å². The minimum atomic E-state index is -3.08. The predicted octanol–water partition coefficient (Wildman–Crippen LogP) is 11.2. The van der Waals surface area contributed by atoms with Crippen molar-refractivity contribution in [2.24, 2.45) is 0 Å². The molecule has 0 radical (unpaired) electrons. The Hall–Kier alpha value is -6.21. The zero-order chi connectivity index (χ0) is 34.4. The molecule has 11 rings (SSSR count). The Labute approximate surface area is 302 Å². The predicted molar refractivity (Wildman–Crippen MR) is 215 cm³/mol. The van der Waals surface area contributed by atoms with Crippen molar-refractivity contribution in [3.8, 4) is 33.4 Å². The van der Waals surface area contributed by atoms with E-state index < -0.39 is 12.6 Å². The van der Waals surface area contributed by atoms with Gasteiger partial charge in [0.15, 0.2) is 7.14 Å². The van der Waals surface area contributed by atoms with Crippen molar-refractivity contribution >= 4 is 45.0 Å². The smallest absolute Gasteiger partial charge is 0.171 e. The molecule has 2 aliphatic rings. The summed E-state index contributed by atoms with van der Waals surface area (Å²) in [5.41, 5.74) is 13.7. The highest BCUT2D eigenvalue weighted by Gasteiger charge is 2.51. The van der Waals surface area contributed by atoms with Gasteiger partial charge in [-0.1, -0.05) is 176 Å². The van der Waals surface area contributed by atoms with Crippen molar-refractivity contribution < 1.29 is 8.98 Å². The highest BCUT2D eigenvalue weighted by molar-refractivity contribution is 7.85. The molecule has 2 aliphatic carbocycles. The molecule has 0 saturated carbocycles. The Morgan fingerprint density at radius 3 is 1.44 bits per heavy atom. The monoisotopic (exact) mass is 682 g/mol. The molecule has 1 aromatic heterocycles. The van der Waals surface area contributed by atoms with E-state index in [4.69, 9.17) is 4.42 Å². The third-order valence-electron chi connectivity index (χ3n) is 11.4. The van der Waals surface area contributed by atoms with Crippen LogP contribution in [0.2, 0.25) is 0 Å². The number of furan rings is 1. The van der Waals surface area contributed by atoms with Gasteiger partial charge in [-0.05, 0) is 62.2 Å². The van der Waals surface area contributed by atoms with Gasteiger partial charge in [-0.15, -0.1) is 0 Å². The van der Waals surface area contributed by atoms with Crippen LogP contribution in [0.1, 0.15) is 22.3 Å². The van der Waals surface area contributed by atoms with Crippen molar-refractivity contribution in [1.29, 1.82) is 0 Å². The van der Waals surface area contributed by atoms with E-state index in [1.165, 1.54) is 44.5 Å². The van der Waals surface area contributed by atoms with Crippen molar-refractivity contribution in [1.82, 2.24) is 0 Å². The third kappa shape index (κ3) is 3.82. The lowest BCUT2D eigenvalue weighted by Crippen LogP contribution is -2.25. The van der Waals surface area contributed by atoms with E-state index in [0.717, 1.165) is 49.0 Å². The Balaban J connectivity index is 1.10. The molecule has 0 bridgehead atoms. The van der Waals surface area contributed by atoms with Crippen LogP contribution in [0.5, 0.6) is 0 Å². The van der Waals surface area contributed by atoms with Crippen LogP contribution in [-0.2, 0) is 9.98 Å². The molecule has 1 spiro atoms. The molecule has 52 heavy (non-hydrogen) atoms. The molecule has 9 aromatic rings. The molecule has 0 amide bonds. The van der Waals surface area contributed by atoms with E-state index in [2.05, 4.69) is 115 Å². The minimum Gasteiger partial charge on any atom is -0.455 e. The van der Waals surface area contributed by atoms with E-state index in [1.54, 1.807) is 0 Å². The first-order valence-corrected chi connectivity index (χ1v) is 19.5. The Morgan fingerprint density at radius 1 is 0.385 bits per heavy atom. The van der Waals surface area contributed by atoms with Gasteiger partial charge in [-0.2, -0.15) is 0 Å². The zero-order valence-electron chi connectivity index (χ0n) is 28.2. The van der Waals surface area contributed by atoms with Gasteiger partial charge in [0.25, 0.3) is 0 Å². The number of benzene rings is 8. The molecule has 3 heteroatoms. The molecular weight excluding hydrogens is 652 g/mol. The molecule has 0 atom stereocenters. The van der Waals surface area contributed by atoms with Crippen LogP contribution < -0.4 is 15.9 Å². The second kappa shape index (κ2) is 10.9. The number of hydrogen-bond donors (Lipinski definition) is 0. The Bertz CT molecular complexity index is 2830. The van der Waals surface area contributed by atoms with E-state index in [-0.39, 0.29) is 0 Å². The highest BCUT2D eigenvalue weighted by Crippen LogP contribution is 2.63. The van der Waals surface area contributed by atoms with Crippen LogP contribution in [0, 0.1) is 0 Å². The summed E-state index contributed by atoms with van der Waals surface area (Å²) < 4.78 is 21.9. The zero-order valence-corrected chi connectivity index (χ0v) is 29.1. The lowest BCUT2D eigenvalue weighted by atomic mass is 9.70. The number of para-hydroxylation sites is 1. The molecular formula is C49H31O2P. The summed E-state index contributed by atoms with van der Waals surface area (Å²) in [6, 6.07) is 65.7. The van der Waals surface area contributed by atoms with E-state index in [9.17, 15) is 0 Å². The summed E-state index contributed by atoms with van der Waals surface area (Å²) in [6.45, 7) is 0. The van der Waals surface area contributed by atoms with Gasteiger partial charge in [0, 0.05) is 32.2 Å². The van der Waals surface area contributed by atoms with Gasteiger partial charge in [0.1, 0.15) is 11.2 Å². The van der Waals surface area contributed by atoms with Crippen molar-refractivity contribution in [2.75, 3.05) is 0 Å². The number of rotatable bonds is 4. The fourth-order valence-electron chi connectivity index (χ4n) is 9.18. The Morgan fingerprint density at radius 2 is 0.865 bits per heavy atom. The summed E-state index contributed by atoms with van der Waals surface area (Å²) >= 11 is 0. The fourth-order valence-corrected chi connectivity index (χ4v) is 11.8. The molecule has 0 N–H and O–H groups in total. The quantitative estimate of drug-likeness (QED) is 0.173. The maximum atomic E-state index is 15.0. The molecule has 1 heterocycles. The second-order valence-electron chi connectivity index (χ2n) is 13.9. The SMILES string of the molecule is O=P(c1ccccc1)(c1ccccc1)c1ccc(-c2cccc3c2oc2cc4c(cc23)-c2ccccc2C42c3ccccc3-c3ccccc32)cc1. The van der Waals surface area contributed by atoms with Crippen LogP contribution in [0.15, 0.2) is 192 Å². The van der Waals surface area contributed by atoms with Gasteiger partial charge in [0.2, 0.25) is 0 Å². The lowest BCUT2D eigenvalue weighted by Gasteiger charge is -2.30. The molecule has 0 fully saturated rings. The molecule has 0 saturated heterocycles. The van der Waals surface area contributed by atoms with E-state index in [0.29, 0.717) is 0 Å². The molecule has 8 aromatic carbocycles. The van der Waals surface area contributed by atoms with Gasteiger partial charge in [-0.25, -0.2) is 0 Å². The van der Waals surface area contributed by atoms with Crippen molar-refractivity contribution in [3.05, 3.63) is 210 Å². The average molecular weight is 683 g/mol. The minimum absolute atomic E-state index is 0.420. The first kappa shape index (κ1) is 29.5. The van der Waals surface area contributed by atoms with Crippen LogP contribution in [0.25, 0.3) is 55.3 Å². The molecule has 0 aliphatic heterocycles. The van der Waals surface area contributed by atoms with Gasteiger partial charge >= 0.3 is 0 Å². The molecule has 0 unspecified atom stereocenters. The third-order valence-corrected chi connectivity index (χ3v) is 14.5. The standard InChI is InChI=1S/C49H31O2P/c50-52(33-14-3-1-4-15-33,34-16-5-2-6-17-34)35-28-26-32(27-29-35)36-21-13-22-40-42-30-41-39-20-9-12-25-45(39)49(46(41)31-47(42)51-48(36)40)43-23-10-7-18-37(43)38-19-8-11-24-44(38)49/h1-31H. The van der Waals surface area contributed by atoms with Gasteiger partial charge in [0.05, 0.1) is 5.41 Å². The maximum absolute atomic E-state index is 15.0. The van der Waals surface area contributed by atoms with Crippen LogP contribution in [-0.4, -0.2) is 0 Å². The van der Waals surface area contributed by atoms with Crippen molar-refractivity contribution in [2.45, 2.75) is 5.41 Å². The summed E-state index contributed by atoms with van der Waals surface area (Å²) in [5, 5.41) is 4.66. The van der Waals surface area contributed by atoms with Crippen molar-refractivity contribution in [3.63, 3.8) is 0 Å². The molecule has 2 nitrogen and oxygen atoms in total. The summed E-state index contributed by atoms with van der Waals surface area (Å²) in [6.07, 6.45) is 0. The van der Waals surface area contributed by atoms with Crippen LogP contribution in [0.4, 0.5) is 0 Å².